The first-order chi connectivity index (χ1) is 9.00. The monoisotopic (exact) mass is 268 g/mol. The van der Waals surface area contributed by atoms with Crippen LogP contribution in [-0.4, -0.2) is 5.11 Å². The van der Waals surface area contributed by atoms with Crippen LogP contribution in [0.3, 0.4) is 0 Å². The van der Waals surface area contributed by atoms with E-state index in [0.29, 0.717) is 0 Å². The quantitative estimate of drug-likeness (QED) is 0.913. The molecule has 0 aliphatic carbocycles. The standard InChI is InChI=1S/C14H11F3O2/c1-8(18)13-9(15)4-2-6-11(13)19-12-7-3-5-10(16)14(12)17/h2-8,18H,1H3/t8-/m0/s1. The predicted octanol–water partition coefficient (Wildman–Crippen LogP) is 3.95. The van der Waals surface area contributed by atoms with Crippen LogP contribution in [0.1, 0.15) is 18.6 Å². The van der Waals surface area contributed by atoms with Crippen molar-refractivity contribution < 1.29 is 23.0 Å². The Morgan fingerprint density at radius 1 is 0.947 bits per heavy atom. The van der Waals surface area contributed by atoms with Crippen molar-refractivity contribution in [2.45, 2.75) is 13.0 Å². The minimum absolute atomic E-state index is 0.0560. The number of aliphatic hydroxyl groups is 1. The van der Waals surface area contributed by atoms with Gasteiger partial charge in [-0.2, -0.15) is 4.39 Å². The van der Waals surface area contributed by atoms with Crippen LogP contribution in [0, 0.1) is 17.5 Å². The molecule has 0 bridgehead atoms. The van der Waals surface area contributed by atoms with Gasteiger partial charge in [0, 0.05) is 0 Å². The van der Waals surface area contributed by atoms with E-state index in [1.807, 2.05) is 0 Å². The number of aliphatic hydroxyl groups excluding tert-OH is 1. The zero-order valence-corrected chi connectivity index (χ0v) is 10.0. The first-order valence-electron chi connectivity index (χ1n) is 5.59. The zero-order chi connectivity index (χ0) is 14.0. The van der Waals surface area contributed by atoms with Gasteiger partial charge in [0.1, 0.15) is 11.6 Å². The van der Waals surface area contributed by atoms with Crippen LogP contribution in [0.25, 0.3) is 0 Å². The molecule has 100 valence electrons. The van der Waals surface area contributed by atoms with Gasteiger partial charge >= 0.3 is 0 Å². The second-order valence-electron chi connectivity index (χ2n) is 3.98. The number of benzene rings is 2. The highest BCUT2D eigenvalue weighted by Crippen LogP contribution is 2.33. The van der Waals surface area contributed by atoms with Gasteiger partial charge in [-0.1, -0.05) is 12.1 Å². The normalized spacial score (nSPS) is 12.3. The van der Waals surface area contributed by atoms with Crippen LogP contribution in [0.4, 0.5) is 13.2 Å². The summed E-state index contributed by atoms with van der Waals surface area (Å²) in [6.07, 6.45) is -1.13. The highest BCUT2D eigenvalue weighted by atomic mass is 19.2. The molecule has 2 aromatic carbocycles. The number of hydrogen-bond acceptors (Lipinski definition) is 2. The van der Waals surface area contributed by atoms with E-state index in [1.165, 1.54) is 31.2 Å². The molecule has 0 unspecified atom stereocenters. The Kier molecular flexibility index (Phi) is 3.76. The minimum atomic E-state index is -1.16. The van der Waals surface area contributed by atoms with Crippen molar-refractivity contribution in [2.75, 3.05) is 0 Å². The van der Waals surface area contributed by atoms with Crippen molar-refractivity contribution in [3.63, 3.8) is 0 Å². The van der Waals surface area contributed by atoms with Crippen molar-refractivity contribution >= 4 is 0 Å². The molecule has 0 fully saturated rings. The van der Waals surface area contributed by atoms with E-state index in [-0.39, 0.29) is 17.1 Å². The van der Waals surface area contributed by atoms with Crippen molar-refractivity contribution in [3.05, 3.63) is 59.4 Å². The maximum atomic E-state index is 13.6. The van der Waals surface area contributed by atoms with Gasteiger partial charge in [0.2, 0.25) is 5.82 Å². The van der Waals surface area contributed by atoms with Crippen molar-refractivity contribution in [1.82, 2.24) is 0 Å². The molecule has 0 saturated heterocycles. The summed E-state index contributed by atoms with van der Waals surface area (Å²) >= 11 is 0. The van der Waals surface area contributed by atoms with Crippen molar-refractivity contribution in [2.24, 2.45) is 0 Å². The van der Waals surface area contributed by atoms with E-state index in [9.17, 15) is 18.3 Å². The lowest BCUT2D eigenvalue weighted by molar-refractivity contribution is 0.190. The molecule has 2 nitrogen and oxygen atoms in total. The Morgan fingerprint density at radius 3 is 2.16 bits per heavy atom. The fraction of sp³-hybridized carbons (Fsp3) is 0.143. The molecule has 1 N–H and O–H groups in total. The number of halogens is 3. The third-order valence-corrected chi connectivity index (χ3v) is 2.57. The lowest BCUT2D eigenvalue weighted by Crippen LogP contribution is -2.01. The summed E-state index contributed by atoms with van der Waals surface area (Å²) in [6.45, 7) is 1.35. The Balaban J connectivity index is 2.44. The molecule has 0 radical (unpaired) electrons. The largest absolute Gasteiger partial charge is 0.454 e. The summed E-state index contributed by atoms with van der Waals surface area (Å²) < 4.78 is 45.2. The summed E-state index contributed by atoms with van der Waals surface area (Å²) in [4.78, 5) is 0. The van der Waals surface area contributed by atoms with Crippen LogP contribution in [0.15, 0.2) is 36.4 Å². The average Bonchev–Trinajstić information content (AvgIpc) is 2.34. The average molecular weight is 268 g/mol. The van der Waals surface area contributed by atoms with Gasteiger partial charge in [-0.05, 0) is 31.2 Å². The summed E-state index contributed by atoms with van der Waals surface area (Å²) in [6, 6.07) is 7.31. The van der Waals surface area contributed by atoms with Crippen molar-refractivity contribution in [1.29, 1.82) is 0 Å². The summed E-state index contributed by atoms with van der Waals surface area (Å²) in [5, 5.41) is 9.50. The number of hydrogen-bond donors (Lipinski definition) is 1. The lowest BCUT2D eigenvalue weighted by Gasteiger charge is -2.14. The molecule has 1 atom stereocenters. The van der Waals surface area contributed by atoms with Gasteiger partial charge in [0.15, 0.2) is 11.6 Å². The summed E-state index contributed by atoms with van der Waals surface area (Å²) in [7, 11) is 0. The van der Waals surface area contributed by atoms with Crippen LogP contribution in [0.5, 0.6) is 11.5 Å². The molecule has 19 heavy (non-hydrogen) atoms. The molecule has 0 saturated carbocycles. The van der Waals surface area contributed by atoms with E-state index in [0.717, 1.165) is 12.1 Å². The Labute approximate surface area is 108 Å². The van der Waals surface area contributed by atoms with E-state index in [2.05, 4.69) is 0 Å². The Bertz CT molecular complexity index is 597. The second-order valence-corrected chi connectivity index (χ2v) is 3.98. The summed E-state index contributed by atoms with van der Waals surface area (Å²) in [5.74, 6) is -3.33. The third kappa shape index (κ3) is 2.71. The first kappa shape index (κ1) is 13.4. The highest BCUT2D eigenvalue weighted by molar-refractivity contribution is 5.40. The minimum Gasteiger partial charge on any atom is -0.454 e. The number of ether oxygens (including phenoxy) is 1. The van der Waals surface area contributed by atoms with Gasteiger partial charge in [0.25, 0.3) is 0 Å². The molecular weight excluding hydrogens is 257 g/mol. The Hall–Kier alpha value is -2.01. The molecule has 0 spiro atoms. The topological polar surface area (TPSA) is 29.5 Å². The second kappa shape index (κ2) is 5.32. The molecule has 0 aliphatic rings. The van der Waals surface area contributed by atoms with E-state index in [4.69, 9.17) is 4.74 Å². The zero-order valence-electron chi connectivity index (χ0n) is 10.0. The highest BCUT2D eigenvalue weighted by Gasteiger charge is 2.17. The van der Waals surface area contributed by atoms with Crippen molar-refractivity contribution in [3.8, 4) is 11.5 Å². The molecule has 0 aliphatic heterocycles. The van der Waals surface area contributed by atoms with E-state index in [1.54, 1.807) is 0 Å². The molecule has 2 aromatic rings. The molecule has 5 heteroatoms. The van der Waals surface area contributed by atoms with Gasteiger partial charge in [-0.15, -0.1) is 0 Å². The van der Waals surface area contributed by atoms with Crippen LogP contribution < -0.4 is 4.74 Å². The number of rotatable bonds is 3. The van der Waals surface area contributed by atoms with Gasteiger partial charge in [0.05, 0.1) is 11.7 Å². The van der Waals surface area contributed by atoms with Gasteiger partial charge < -0.3 is 9.84 Å². The van der Waals surface area contributed by atoms with Crippen LogP contribution in [-0.2, 0) is 0 Å². The maximum absolute atomic E-state index is 13.6. The summed E-state index contributed by atoms with van der Waals surface area (Å²) in [5.41, 5.74) is -0.105. The third-order valence-electron chi connectivity index (χ3n) is 2.57. The van der Waals surface area contributed by atoms with Gasteiger partial charge in [-0.25, -0.2) is 8.78 Å². The lowest BCUT2D eigenvalue weighted by atomic mass is 10.1. The van der Waals surface area contributed by atoms with Crippen LogP contribution >= 0.6 is 0 Å². The Morgan fingerprint density at radius 2 is 1.53 bits per heavy atom. The molecule has 0 aromatic heterocycles. The fourth-order valence-corrected chi connectivity index (χ4v) is 1.69. The fourth-order valence-electron chi connectivity index (χ4n) is 1.69. The molecule has 0 amide bonds. The molecular formula is C14H11F3O2. The van der Waals surface area contributed by atoms with Crippen LogP contribution in [0.2, 0.25) is 0 Å². The van der Waals surface area contributed by atoms with E-state index < -0.39 is 23.6 Å². The SMILES string of the molecule is C[C@H](O)c1c(F)cccc1Oc1cccc(F)c1F. The molecule has 2 rings (SSSR count). The first-order valence-corrected chi connectivity index (χ1v) is 5.59. The van der Waals surface area contributed by atoms with Gasteiger partial charge in [-0.3, -0.25) is 0 Å². The van der Waals surface area contributed by atoms with E-state index >= 15 is 0 Å². The molecule has 0 heterocycles. The predicted molar refractivity (Wildman–Crippen MR) is 63.5 cm³/mol. The maximum Gasteiger partial charge on any atom is 0.201 e. The smallest absolute Gasteiger partial charge is 0.201 e.